The lowest BCUT2D eigenvalue weighted by Crippen LogP contribution is -2.39. The molecule has 0 bridgehead atoms. The molecule has 0 spiro atoms. The molecule has 1 aromatic rings. The first kappa shape index (κ1) is 16.0. The van der Waals surface area contributed by atoms with Crippen LogP contribution in [0.25, 0.3) is 0 Å². The molecule has 1 aromatic heterocycles. The fourth-order valence-electron chi connectivity index (χ4n) is 2.93. The molecule has 2 rings (SSSR count). The van der Waals surface area contributed by atoms with E-state index in [-0.39, 0.29) is 5.91 Å². The molecule has 1 N–H and O–H groups in total. The predicted molar refractivity (Wildman–Crippen MR) is 84.4 cm³/mol. The van der Waals surface area contributed by atoms with E-state index in [1.54, 1.807) is 6.20 Å². The van der Waals surface area contributed by atoms with Crippen LogP contribution in [0.3, 0.4) is 0 Å². The molecule has 1 fully saturated rings. The first-order valence-electron chi connectivity index (χ1n) is 8.24. The topological polar surface area (TPSA) is 52.2 Å². The zero-order valence-electron chi connectivity index (χ0n) is 13.4. The van der Waals surface area contributed by atoms with Crippen molar-refractivity contribution < 1.29 is 4.79 Å². The molecular formula is C16H28N4O. The number of likely N-dealkylation sites (tertiary alicyclic amines) is 1. The van der Waals surface area contributed by atoms with Gasteiger partial charge < -0.3 is 9.80 Å². The van der Waals surface area contributed by atoms with Crippen molar-refractivity contribution in [3.63, 3.8) is 0 Å². The molecule has 5 heteroatoms. The molecular weight excluding hydrogens is 264 g/mol. The van der Waals surface area contributed by atoms with E-state index in [9.17, 15) is 4.79 Å². The number of nitrogens with one attached hydrogen (secondary N) is 1. The van der Waals surface area contributed by atoms with Gasteiger partial charge in [0.05, 0.1) is 6.20 Å². The fraction of sp³-hybridized carbons (Fsp3) is 0.750. The second-order valence-electron chi connectivity index (χ2n) is 5.98. The fourth-order valence-corrected chi connectivity index (χ4v) is 2.93. The largest absolute Gasteiger partial charge is 0.336 e. The standard InChI is InChI=1S/C16H28N4O/c1-3-8-20(16(21)15-14(2)13-17-18-15)12-11-19-9-6-4-5-7-10-19/h13H,3-12H2,1-2H3,(H,17,18). The summed E-state index contributed by atoms with van der Waals surface area (Å²) in [5, 5.41) is 6.80. The third-order valence-corrected chi connectivity index (χ3v) is 4.21. The van der Waals surface area contributed by atoms with Crippen LogP contribution in [-0.2, 0) is 0 Å². The molecule has 1 saturated heterocycles. The zero-order valence-corrected chi connectivity index (χ0v) is 13.4. The van der Waals surface area contributed by atoms with E-state index >= 15 is 0 Å². The molecule has 0 atom stereocenters. The van der Waals surface area contributed by atoms with Crippen molar-refractivity contribution in [1.29, 1.82) is 0 Å². The Labute approximate surface area is 127 Å². The van der Waals surface area contributed by atoms with E-state index < -0.39 is 0 Å². The predicted octanol–water partition coefficient (Wildman–Crippen LogP) is 2.45. The molecule has 0 unspecified atom stereocenters. The summed E-state index contributed by atoms with van der Waals surface area (Å²) in [6.07, 6.45) is 7.98. The maximum absolute atomic E-state index is 12.6. The molecule has 2 heterocycles. The Balaban J connectivity index is 1.92. The Hall–Kier alpha value is -1.36. The van der Waals surface area contributed by atoms with Gasteiger partial charge in [-0.3, -0.25) is 9.89 Å². The van der Waals surface area contributed by atoms with Crippen LogP contribution >= 0.6 is 0 Å². The van der Waals surface area contributed by atoms with Gasteiger partial charge >= 0.3 is 0 Å². The first-order chi connectivity index (χ1) is 10.2. The van der Waals surface area contributed by atoms with E-state index in [1.165, 1.54) is 38.8 Å². The maximum Gasteiger partial charge on any atom is 0.272 e. The highest BCUT2D eigenvalue weighted by atomic mass is 16.2. The van der Waals surface area contributed by atoms with Crippen molar-refractivity contribution in [3.05, 3.63) is 17.5 Å². The van der Waals surface area contributed by atoms with Gasteiger partial charge in [-0.2, -0.15) is 5.10 Å². The lowest BCUT2D eigenvalue weighted by molar-refractivity contribution is 0.0729. The van der Waals surface area contributed by atoms with Gasteiger partial charge in [-0.15, -0.1) is 0 Å². The highest BCUT2D eigenvalue weighted by Gasteiger charge is 2.19. The minimum Gasteiger partial charge on any atom is -0.336 e. The molecule has 5 nitrogen and oxygen atoms in total. The number of nitrogens with zero attached hydrogens (tertiary/aromatic N) is 3. The van der Waals surface area contributed by atoms with E-state index in [0.29, 0.717) is 5.69 Å². The van der Waals surface area contributed by atoms with E-state index in [4.69, 9.17) is 0 Å². The van der Waals surface area contributed by atoms with Crippen LogP contribution in [0.2, 0.25) is 0 Å². The minimum atomic E-state index is 0.0849. The molecule has 21 heavy (non-hydrogen) atoms. The molecule has 118 valence electrons. The second-order valence-corrected chi connectivity index (χ2v) is 5.98. The Morgan fingerprint density at radius 2 is 2.00 bits per heavy atom. The van der Waals surface area contributed by atoms with Crippen molar-refractivity contribution >= 4 is 5.91 Å². The van der Waals surface area contributed by atoms with Crippen molar-refractivity contribution in [2.75, 3.05) is 32.7 Å². The number of aromatic amines is 1. The third-order valence-electron chi connectivity index (χ3n) is 4.21. The summed E-state index contributed by atoms with van der Waals surface area (Å²) in [6.45, 7) is 9.01. The van der Waals surface area contributed by atoms with Gasteiger partial charge in [-0.05, 0) is 44.8 Å². The van der Waals surface area contributed by atoms with E-state index in [1.807, 2.05) is 11.8 Å². The summed E-state index contributed by atoms with van der Waals surface area (Å²) in [4.78, 5) is 17.1. The number of aromatic nitrogens is 2. The highest BCUT2D eigenvalue weighted by Crippen LogP contribution is 2.11. The van der Waals surface area contributed by atoms with Gasteiger partial charge in [0.25, 0.3) is 5.91 Å². The van der Waals surface area contributed by atoms with Gasteiger partial charge in [0.1, 0.15) is 5.69 Å². The SMILES string of the molecule is CCCN(CCN1CCCCCC1)C(=O)c1[nH]ncc1C. The van der Waals surface area contributed by atoms with Crippen LogP contribution in [-0.4, -0.2) is 58.6 Å². The molecule has 0 radical (unpaired) electrons. The average molecular weight is 292 g/mol. The van der Waals surface area contributed by atoms with E-state index in [2.05, 4.69) is 22.0 Å². The lowest BCUT2D eigenvalue weighted by atomic mass is 10.2. The number of amides is 1. The molecule has 0 saturated carbocycles. The number of hydrogen-bond donors (Lipinski definition) is 1. The number of carbonyl (C=O) groups is 1. The smallest absolute Gasteiger partial charge is 0.272 e. The van der Waals surface area contributed by atoms with Gasteiger partial charge in [-0.1, -0.05) is 19.8 Å². The second kappa shape index (κ2) is 8.17. The number of H-pyrrole nitrogens is 1. The summed E-state index contributed by atoms with van der Waals surface area (Å²) in [5.74, 6) is 0.0849. The zero-order chi connectivity index (χ0) is 15.1. The van der Waals surface area contributed by atoms with Crippen LogP contribution in [0.4, 0.5) is 0 Å². The molecule has 0 aliphatic carbocycles. The number of aryl methyl sites for hydroxylation is 1. The van der Waals surface area contributed by atoms with Crippen molar-refractivity contribution in [3.8, 4) is 0 Å². The first-order valence-corrected chi connectivity index (χ1v) is 8.24. The molecule has 0 aromatic carbocycles. The number of hydrogen-bond acceptors (Lipinski definition) is 3. The summed E-state index contributed by atoms with van der Waals surface area (Å²) < 4.78 is 0. The Kier molecular flexibility index (Phi) is 6.23. The summed E-state index contributed by atoms with van der Waals surface area (Å²) in [5.41, 5.74) is 1.56. The van der Waals surface area contributed by atoms with Gasteiger partial charge in [-0.25, -0.2) is 0 Å². The van der Waals surface area contributed by atoms with Crippen LogP contribution in [0.5, 0.6) is 0 Å². The molecule has 1 amide bonds. The van der Waals surface area contributed by atoms with Crippen molar-refractivity contribution in [2.24, 2.45) is 0 Å². The number of rotatable bonds is 6. The summed E-state index contributed by atoms with van der Waals surface area (Å²) in [6, 6.07) is 0. The third kappa shape index (κ3) is 4.56. The monoisotopic (exact) mass is 292 g/mol. The molecule has 1 aliphatic heterocycles. The Morgan fingerprint density at radius 3 is 2.57 bits per heavy atom. The summed E-state index contributed by atoms with van der Waals surface area (Å²) in [7, 11) is 0. The van der Waals surface area contributed by atoms with Gasteiger partial charge in [0.2, 0.25) is 0 Å². The summed E-state index contributed by atoms with van der Waals surface area (Å²) >= 11 is 0. The normalized spacial score (nSPS) is 16.7. The van der Waals surface area contributed by atoms with Crippen LogP contribution in [0, 0.1) is 6.92 Å². The minimum absolute atomic E-state index is 0.0849. The molecule has 1 aliphatic rings. The van der Waals surface area contributed by atoms with Crippen LogP contribution in [0.1, 0.15) is 55.1 Å². The highest BCUT2D eigenvalue weighted by molar-refractivity contribution is 5.93. The average Bonchev–Trinajstić information content (AvgIpc) is 2.75. The quantitative estimate of drug-likeness (QED) is 0.876. The van der Waals surface area contributed by atoms with Crippen molar-refractivity contribution in [1.82, 2.24) is 20.0 Å². The van der Waals surface area contributed by atoms with E-state index in [0.717, 1.165) is 31.6 Å². The maximum atomic E-state index is 12.6. The Bertz CT molecular complexity index is 435. The van der Waals surface area contributed by atoms with Gasteiger partial charge in [0.15, 0.2) is 0 Å². The van der Waals surface area contributed by atoms with Crippen LogP contribution in [0.15, 0.2) is 6.20 Å². The van der Waals surface area contributed by atoms with Gasteiger partial charge in [0, 0.05) is 19.6 Å². The lowest BCUT2D eigenvalue weighted by Gasteiger charge is -2.26. The van der Waals surface area contributed by atoms with Crippen molar-refractivity contribution in [2.45, 2.75) is 46.0 Å². The number of carbonyl (C=O) groups excluding carboxylic acids is 1. The Morgan fingerprint density at radius 1 is 1.29 bits per heavy atom. The van der Waals surface area contributed by atoms with Crippen LogP contribution < -0.4 is 0 Å².